The number of nitro groups is 2. The van der Waals surface area contributed by atoms with Crippen molar-refractivity contribution in [2.45, 2.75) is 39.3 Å². The molecular formula is C8H16N2O5. The van der Waals surface area contributed by atoms with Crippen LogP contribution in [0.2, 0.25) is 0 Å². The Kier molecular flexibility index (Phi) is 3.76. The third-order valence-corrected chi connectivity index (χ3v) is 2.16. The molecule has 0 spiro atoms. The molecule has 1 unspecified atom stereocenters. The third kappa shape index (κ3) is 3.78. The number of rotatable bonds is 5. The molecule has 1 N–H and O–H groups in total. The van der Waals surface area contributed by atoms with Gasteiger partial charge in [-0.25, -0.2) is 0 Å². The summed E-state index contributed by atoms with van der Waals surface area (Å²) in [6.45, 7) is 4.81. The lowest BCUT2D eigenvalue weighted by atomic mass is 9.76. The van der Waals surface area contributed by atoms with Gasteiger partial charge in [0.05, 0.1) is 5.41 Å². The van der Waals surface area contributed by atoms with E-state index >= 15 is 0 Å². The van der Waals surface area contributed by atoms with E-state index in [2.05, 4.69) is 0 Å². The van der Waals surface area contributed by atoms with Gasteiger partial charge in [-0.2, -0.15) is 0 Å². The first-order valence-electron chi connectivity index (χ1n) is 4.46. The highest BCUT2D eigenvalue weighted by Gasteiger charge is 2.52. The molecule has 0 saturated heterocycles. The highest BCUT2D eigenvalue weighted by Crippen LogP contribution is 2.30. The molecule has 0 bridgehead atoms. The van der Waals surface area contributed by atoms with Gasteiger partial charge >= 0.3 is 0 Å². The summed E-state index contributed by atoms with van der Waals surface area (Å²) in [6.07, 6.45) is 0. The van der Waals surface area contributed by atoms with E-state index in [-0.39, 0.29) is 0 Å². The number of hydrogen-bond acceptors (Lipinski definition) is 5. The van der Waals surface area contributed by atoms with E-state index in [9.17, 15) is 25.3 Å². The largest absolute Gasteiger partial charge is 0.383 e. The molecule has 0 aliphatic carbocycles. The zero-order chi connectivity index (χ0) is 12.4. The molecule has 88 valence electrons. The Hall–Kier alpha value is -1.24. The Labute approximate surface area is 87.4 Å². The van der Waals surface area contributed by atoms with Gasteiger partial charge in [0.15, 0.2) is 0 Å². The van der Waals surface area contributed by atoms with E-state index in [1.807, 2.05) is 0 Å². The van der Waals surface area contributed by atoms with E-state index in [0.717, 1.165) is 0 Å². The van der Waals surface area contributed by atoms with Crippen molar-refractivity contribution in [1.82, 2.24) is 0 Å². The van der Waals surface area contributed by atoms with Crippen LogP contribution in [0.3, 0.4) is 0 Å². The van der Waals surface area contributed by atoms with Gasteiger partial charge in [-0.05, 0) is 27.7 Å². The average molecular weight is 220 g/mol. The number of aliphatic hydroxyl groups is 1. The molecule has 0 aromatic carbocycles. The van der Waals surface area contributed by atoms with Crippen LogP contribution < -0.4 is 0 Å². The summed E-state index contributed by atoms with van der Waals surface area (Å²) in [5.74, 6) is 0. The molecule has 1 atom stereocenters. The molecule has 0 saturated carbocycles. The van der Waals surface area contributed by atoms with Gasteiger partial charge < -0.3 is 5.11 Å². The maximum Gasteiger partial charge on any atom is 0.251 e. The van der Waals surface area contributed by atoms with Crippen molar-refractivity contribution in [3.63, 3.8) is 0 Å². The van der Waals surface area contributed by atoms with Gasteiger partial charge in [-0.1, -0.05) is 0 Å². The summed E-state index contributed by atoms with van der Waals surface area (Å²) >= 11 is 0. The predicted octanol–water partition coefficient (Wildman–Crippen LogP) is 0.705. The van der Waals surface area contributed by atoms with Crippen LogP contribution in [0.5, 0.6) is 0 Å². The van der Waals surface area contributed by atoms with Crippen LogP contribution in [0.1, 0.15) is 27.7 Å². The Morgan fingerprint density at radius 2 is 1.60 bits per heavy atom. The van der Waals surface area contributed by atoms with Gasteiger partial charge in [0.25, 0.3) is 6.04 Å². The molecule has 0 aromatic heterocycles. The van der Waals surface area contributed by atoms with Crippen molar-refractivity contribution >= 4 is 0 Å². The Morgan fingerprint density at radius 3 is 1.80 bits per heavy atom. The lowest BCUT2D eigenvalue weighted by molar-refractivity contribution is -0.584. The fraction of sp³-hybridized carbons (Fsp3) is 1.00. The lowest BCUT2D eigenvalue weighted by Crippen LogP contribution is -2.53. The minimum atomic E-state index is -1.59. The zero-order valence-corrected chi connectivity index (χ0v) is 9.26. The molecular weight excluding hydrogens is 204 g/mol. The molecule has 0 heterocycles. The van der Waals surface area contributed by atoms with Crippen LogP contribution in [-0.2, 0) is 0 Å². The normalized spacial score (nSPS) is 14.7. The minimum absolute atomic E-state index is 0.553. The first kappa shape index (κ1) is 13.8. The molecule has 0 rings (SSSR count). The first-order valence-corrected chi connectivity index (χ1v) is 4.46. The average Bonchev–Trinajstić information content (AvgIpc) is 1.74. The van der Waals surface area contributed by atoms with Crippen LogP contribution in [0, 0.1) is 25.6 Å². The highest BCUT2D eigenvalue weighted by molar-refractivity contribution is 4.89. The summed E-state index contributed by atoms with van der Waals surface area (Å²) in [5, 5.41) is 30.8. The van der Waals surface area contributed by atoms with Crippen molar-refractivity contribution in [3.05, 3.63) is 20.2 Å². The topological polar surface area (TPSA) is 107 Å². The van der Waals surface area contributed by atoms with Crippen LogP contribution in [0.4, 0.5) is 0 Å². The third-order valence-electron chi connectivity index (χ3n) is 2.16. The fourth-order valence-corrected chi connectivity index (χ4v) is 1.92. The maximum atomic E-state index is 10.8. The van der Waals surface area contributed by atoms with Crippen LogP contribution >= 0.6 is 0 Å². The standard InChI is InChI=1S/C8H16N2O5/c1-7(2,5-9(12)13)6(10(14)15)8(3,4)11/h6,11H,5H2,1-4H3. The van der Waals surface area contributed by atoms with E-state index in [4.69, 9.17) is 0 Å². The molecule has 0 aliphatic heterocycles. The van der Waals surface area contributed by atoms with E-state index < -0.39 is 33.4 Å². The summed E-state index contributed by atoms with van der Waals surface area (Å²) in [4.78, 5) is 19.9. The summed E-state index contributed by atoms with van der Waals surface area (Å²) in [5.41, 5.74) is -2.80. The second kappa shape index (κ2) is 4.09. The van der Waals surface area contributed by atoms with Crippen LogP contribution in [-0.4, -0.2) is 33.1 Å². The quantitative estimate of drug-likeness (QED) is 0.542. The minimum Gasteiger partial charge on any atom is -0.383 e. The molecule has 7 heteroatoms. The fourth-order valence-electron chi connectivity index (χ4n) is 1.92. The van der Waals surface area contributed by atoms with Gasteiger partial charge in [0, 0.05) is 9.85 Å². The molecule has 0 fully saturated rings. The van der Waals surface area contributed by atoms with Crippen molar-refractivity contribution < 1.29 is 15.0 Å². The lowest BCUT2D eigenvalue weighted by Gasteiger charge is -2.31. The van der Waals surface area contributed by atoms with Gasteiger partial charge in [-0.3, -0.25) is 20.2 Å². The maximum absolute atomic E-state index is 10.8. The number of nitrogens with zero attached hydrogens (tertiary/aromatic N) is 2. The Morgan fingerprint density at radius 1 is 1.20 bits per heavy atom. The van der Waals surface area contributed by atoms with Crippen molar-refractivity contribution in [2.24, 2.45) is 5.41 Å². The molecule has 0 radical (unpaired) electrons. The zero-order valence-electron chi connectivity index (χ0n) is 9.26. The van der Waals surface area contributed by atoms with Crippen LogP contribution in [0.25, 0.3) is 0 Å². The summed E-state index contributed by atoms with van der Waals surface area (Å²) in [6, 6.07) is -1.38. The molecule has 0 aliphatic rings. The van der Waals surface area contributed by atoms with Crippen molar-refractivity contribution in [1.29, 1.82) is 0 Å². The monoisotopic (exact) mass is 220 g/mol. The molecule has 0 amide bonds. The second-order valence-electron chi connectivity index (χ2n) is 4.82. The van der Waals surface area contributed by atoms with Gasteiger partial charge in [0.2, 0.25) is 6.54 Å². The summed E-state index contributed by atoms with van der Waals surface area (Å²) < 4.78 is 0. The van der Waals surface area contributed by atoms with Crippen molar-refractivity contribution in [3.8, 4) is 0 Å². The highest BCUT2D eigenvalue weighted by atomic mass is 16.6. The first-order chi connectivity index (χ1) is 6.48. The van der Waals surface area contributed by atoms with E-state index in [1.54, 1.807) is 0 Å². The van der Waals surface area contributed by atoms with Gasteiger partial charge in [-0.15, -0.1) is 0 Å². The smallest absolute Gasteiger partial charge is 0.251 e. The second-order valence-corrected chi connectivity index (χ2v) is 4.82. The molecule has 15 heavy (non-hydrogen) atoms. The van der Waals surface area contributed by atoms with Gasteiger partial charge in [0.1, 0.15) is 5.60 Å². The SMILES string of the molecule is CC(C)(O)C([N+](=O)[O-])C(C)(C)C[N+](=O)[O-]. The Balaban J connectivity index is 5.08. The van der Waals surface area contributed by atoms with E-state index in [1.165, 1.54) is 27.7 Å². The number of hydrogen-bond donors (Lipinski definition) is 1. The van der Waals surface area contributed by atoms with Crippen LogP contribution in [0.15, 0.2) is 0 Å². The molecule has 7 nitrogen and oxygen atoms in total. The van der Waals surface area contributed by atoms with Crippen molar-refractivity contribution in [2.75, 3.05) is 6.54 Å². The van der Waals surface area contributed by atoms with E-state index in [0.29, 0.717) is 0 Å². The Bertz CT molecular complexity index is 269. The predicted molar refractivity (Wildman–Crippen MR) is 52.7 cm³/mol. The molecule has 0 aromatic rings. The summed E-state index contributed by atoms with van der Waals surface area (Å²) in [7, 11) is 0.